The maximum atomic E-state index is 12.4. The van der Waals surface area contributed by atoms with Gasteiger partial charge in [-0.2, -0.15) is 0 Å². The molecule has 0 atom stereocenters. The van der Waals surface area contributed by atoms with Crippen LogP contribution >= 0.6 is 11.6 Å². The van der Waals surface area contributed by atoms with Crippen LogP contribution in [-0.2, 0) is 14.3 Å². The molecule has 2 aromatic rings. The summed E-state index contributed by atoms with van der Waals surface area (Å²) in [5.74, 6) is -1.95. The number of phenols is 1. The summed E-state index contributed by atoms with van der Waals surface area (Å²) in [7, 11) is 0. The number of anilines is 1. The standard InChI is InChI=1S/C21H23ClN2O5/c1-4-24(11-19(26)23-17-10-15(22)7-6-14(17)3)20(27)12-29-21(28)16-9-13(2)5-8-18(16)25/h5-10,25H,4,11-12H2,1-3H3,(H,23,26). The van der Waals surface area contributed by atoms with E-state index in [9.17, 15) is 19.5 Å². The number of halogens is 1. The quantitative estimate of drug-likeness (QED) is 0.672. The Kier molecular flexibility index (Phi) is 7.61. The number of ether oxygens (including phenoxy) is 1. The lowest BCUT2D eigenvalue weighted by molar-refractivity contribution is -0.137. The second kappa shape index (κ2) is 9.93. The van der Waals surface area contributed by atoms with Crippen molar-refractivity contribution in [2.24, 2.45) is 0 Å². The molecule has 0 spiro atoms. The van der Waals surface area contributed by atoms with E-state index in [0.29, 0.717) is 10.7 Å². The Balaban J connectivity index is 1.94. The second-order valence-corrected chi connectivity index (χ2v) is 6.95. The van der Waals surface area contributed by atoms with E-state index in [-0.39, 0.29) is 24.4 Å². The molecule has 0 bridgehead atoms. The van der Waals surface area contributed by atoms with Crippen molar-refractivity contribution < 1.29 is 24.2 Å². The summed E-state index contributed by atoms with van der Waals surface area (Å²) >= 11 is 5.94. The normalized spacial score (nSPS) is 10.3. The van der Waals surface area contributed by atoms with Crippen LogP contribution in [0.15, 0.2) is 36.4 Å². The third kappa shape index (κ3) is 6.22. The molecule has 0 saturated carbocycles. The zero-order valence-electron chi connectivity index (χ0n) is 16.5. The van der Waals surface area contributed by atoms with Crippen LogP contribution in [0, 0.1) is 13.8 Å². The Morgan fingerprint density at radius 1 is 1.14 bits per heavy atom. The van der Waals surface area contributed by atoms with Gasteiger partial charge in [0.15, 0.2) is 6.61 Å². The Morgan fingerprint density at radius 3 is 2.55 bits per heavy atom. The molecule has 8 heteroatoms. The van der Waals surface area contributed by atoms with Gasteiger partial charge in [0.05, 0.1) is 6.54 Å². The minimum absolute atomic E-state index is 0.0185. The van der Waals surface area contributed by atoms with Gasteiger partial charge in [-0.1, -0.05) is 29.3 Å². The molecule has 0 aliphatic heterocycles. The molecule has 0 aliphatic rings. The number of phenolic OH excluding ortho intramolecular Hbond substituents is 1. The number of nitrogens with zero attached hydrogens (tertiary/aromatic N) is 1. The van der Waals surface area contributed by atoms with Crippen molar-refractivity contribution in [1.29, 1.82) is 0 Å². The van der Waals surface area contributed by atoms with Gasteiger partial charge in [0.25, 0.3) is 5.91 Å². The fourth-order valence-corrected chi connectivity index (χ4v) is 2.75. The number of aromatic hydroxyl groups is 1. The van der Waals surface area contributed by atoms with Crippen molar-refractivity contribution >= 4 is 35.1 Å². The van der Waals surface area contributed by atoms with Gasteiger partial charge in [0.1, 0.15) is 11.3 Å². The summed E-state index contributed by atoms with van der Waals surface area (Å²) in [6.45, 7) is 4.82. The number of carbonyl (C=O) groups excluding carboxylic acids is 3. The Morgan fingerprint density at radius 2 is 1.86 bits per heavy atom. The number of aryl methyl sites for hydroxylation is 2. The van der Waals surface area contributed by atoms with Crippen LogP contribution in [0.3, 0.4) is 0 Å². The number of likely N-dealkylation sites (N-methyl/N-ethyl adjacent to an activating group) is 1. The lowest BCUT2D eigenvalue weighted by Crippen LogP contribution is -2.40. The number of carbonyl (C=O) groups is 3. The molecular weight excluding hydrogens is 396 g/mol. The number of benzene rings is 2. The first-order valence-corrected chi connectivity index (χ1v) is 9.39. The predicted octanol–water partition coefficient (Wildman–Crippen LogP) is 3.31. The summed E-state index contributed by atoms with van der Waals surface area (Å²) in [5.41, 5.74) is 2.15. The first kappa shape index (κ1) is 22.2. The molecule has 0 unspecified atom stereocenters. The molecule has 7 nitrogen and oxygen atoms in total. The number of esters is 1. The molecular formula is C21H23ClN2O5. The van der Waals surface area contributed by atoms with E-state index in [1.807, 2.05) is 6.92 Å². The molecule has 154 valence electrons. The van der Waals surface area contributed by atoms with Crippen LogP contribution in [0.2, 0.25) is 5.02 Å². The zero-order valence-corrected chi connectivity index (χ0v) is 17.2. The largest absolute Gasteiger partial charge is 0.507 e. The van der Waals surface area contributed by atoms with Crippen molar-refractivity contribution in [3.63, 3.8) is 0 Å². The highest BCUT2D eigenvalue weighted by molar-refractivity contribution is 6.31. The molecule has 2 N–H and O–H groups in total. The molecule has 0 aromatic heterocycles. The first-order chi connectivity index (χ1) is 13.7. The van der Waals surface area contributed by atoms with Crippen LogP contribution in [0.5, 0.6) is 5.75 Å². The maximum Gasteiger partial charge on any atom is 0.342 e. The van der Waals surface area contributed by atoms with E-state index in [0.717, 1.165) is 11.1 Å². The molecule has 0 heterocycles. The average molecular weight is 419 g/mol. The Hall–Kier alpha value is -3.06. The third-order valence-corrected chi connectivity index (χ3v) is 4.48. The molecule has 0 saturated heterocycles. The highest BCUT2D eigenvalue weighted by Crippen LogP contribution is 2.20. The molecule has 29 heavy (non-hydrogen) atoms. The number of hydrogen-bond acceptors (Lipinski definition) is 5. The highest BCUT2D eigenvalue weighted by atomic mass is 35.5. The number of amides is 2. The van der Waals surface area contributed by atoms with Gasteiger partial charge in [0, 0.05) is 17.3 Å². The van der Waals surface area contributed by atoms with Crippen molar-refractivity contribution in [2.75, 3.05) is 25.0 Å². The van der Waals surface area contributed by atoms with Gasteiger partial charge in [-0.3, -0.25) is 9.59 Å². The predicted molar refractivity (Wildman–Crippen MR) is 110 cm³/mol. The topological polar surface area (TPSA) is 95.9 Å². The Bertz CT molecular complexity index is 929. The van der Waals surface area contributed by atoms with E-state index in [1.165, 1.54) is 17.0 Å². The van der Waals surface area contributed by atoms with Crippen molar-refractivity contribution in [2.45, 2.75) is 20.8 Å². The van der Waals surface area contributed by atoms with E-state index in [1.54, 1.807) is 38.1 Å². The summed E-state index contributed by atoms with van der Waals surface area (Å²) in [4.78, 5) is 38.0. The summed E-state index contributed by atoms with van der Waals surface area (Å²) in [6, 6.07) is 9.63. The van der Waals surface area contributed by atoms with Crippen LogP contribution in [-0.4, -0.2) is 47.5 Å². The highest BCUT2D eigenvalue weighted by Gasteiger charge is 2.20. The molecule has 0 radical (unpaired) electrons. The van der Waals surface area contributed by atoms with Crippen molar-refractivity contribution in [1.82, 2.24) is 4.90 Å². The Labute approximate surface area is 174 Å². The summed E-state index contributed by atoms with van der Waals surface area (Å²) in [6.07, 6.45) is 0. The number of hydrogen-bond donors (Lipinski definition) is 2. The zero-order chi connectivity index (χ0) is 21.6. The van der Waals surface area contributed by atoms with E-state index < -0.39 is 24.4 Å². The average Bonchev–Trinajstić information content (AvgIpc) is 2.68. The van der Waals surface area contributed by atoms with E-state index in [2.05, 4.69) is 5.32 Å². The summed E-state index contributed by atoms with van der Waals surface area (Å²) in [5, 5.41) is 13.0. The third-order valence-electron chi connectivity index (χ3n) is 4.24. The van der Waals surface area contributed by atoms with Gasteiger partial charge in [-0.15, -0.1) is 0 Å². The summed E-state index contributed by atoms with van der Waals surface area (Å²) < 4.78 is 5.00. The van der Waals surface area contributed by atoms with Gasteiger partial charge in [-0.25, -0.2) is 4.79 Å². The lowest BCUT2D eigenvalue weighted by atomic mass is 10.1. The first-order valence-electron chi connectivity index (χ1n) is 9.01. The molecule has 0 aliphatic carbocycles. The van der Waals surface area contributed by atoms with Gasteiger partial charge in [0.2, 0.25) is 5.91 Å². The van der Waals surface area contributed by atoms with Crippen LogP contribution < -0.4 is 5.32 Å². The number of nitrogens with one attached hydrogen (secondary N) is 1. The minimum Gasteiger partial charge on any atom is -0.507 e. The lowest BCUT2D eigenvalue weighted by Gasteiger charge is -2.20. The van der Waals surface area contributed by atoms with Crippen LogP contribution in [0.1, 0.15) is 28.4 Å². The second-order valence-electron chi connectivity index (χ2n) is 6.51. The van der Waals surface area contributed by atoms with E-state index >= 15 is 0 Å². The fourth-order valence-electron chi connectivity index (χ4n) is 2.58. The fraction of sp³-hybridized carbons (Fsp3) is 0.286. The van der Waals surface area contributed by atoms with E-state index in [4.69, 9.17) is 16.3 Å². The maximum absolute atomic E-state index is 12.4. The monoisotopic (exact) mass is 418 g/mol. The molecule has 2 amide bonds. The van der Waals surface area contributed by atoms with Crippen LogP contribution in [0.4, 0.5) is 5.69 Å². The van der Waals surface area contributed by atoms with Crippen molar-refractivity contribution in [3.05, 3.63) is 58.1 Å². The number of rotatable bonds is 7. The smallest absolute Gasteiger partial charge is 0.342 e. The minimum atomic E-state index is -0.811. The molecule has 0 fully saturated rings. The van der Waals surface area contributed by atoms with Crippen molar-refractivity contribution in [3.8, 4) is 5.75 Å². The molecule has 2 rings (SSSR count). The van der Waals surface area contributed by atoms with Crippen LogP contribution in [0.25, 0.3) is 0 Å². The van der Waals surface area contributed by atoms with Gasteiger partial charge in [-0.05, 0) is 50.6 Å². The SMILES string of the molecule is CCN(CC(=O)Nc1cc(Cl)ccc1C)C(=O)COC(=O)c1cc(C)ccc1O. The van der Waals surface area contributed by atoms with Gasteiger partial charge < -0.3 is 20.1 Å². The van der Waals surface area contributed by atoms with Gasteiger partial charge >= 0.3 is 5.97 Å². The molecule has 2 aromatic carbocycles.